The second-order valence-electron chi connectivity index (χ2n) is 6.58. The number of ether oxygens (including phenoxy) is 1. The number of Topliss-reactive ketones (excluding diaryl/α,β-unsaturated/α-hetero) is 1. The van der Waals surface area contributed by atoms with E-state index in [1.54, 1.807) is 36.4 Å². The Morgan fingerprint density at radius 3 is 2.73 bits per heavy atom. The summed E-state index contributed by atoms with van der Waals surface area (Å²) in [5.74, 6) is 1.05. The van der Waals surface area contributed by atoms with Crippen LogP contribution in [0.25, 0.3) is 0 Å². The highest BCUT2D eigenvalue weighted by molar-refractivity contribution is 6.33. The first-order valence-electron chi connectivity index (χ1n) is 9.08. The van der Waals surface area contributed by atoms with Crippen LogP contribution in [0.5, 0.6) is 11.5 Å². The zero-order chi connectivity index (χ0) is 21.1. The van der Waals surface area contributed by atoms with Gasteiger partial charge in [-0.05, 0) is 48.4 Å². The average Bonchev–Trinajstić information content (AvgIpc) is 3.13. The molecule has 7 nitrogen and oxygen atoms in total. The molecule has 1 heterocycles. The maximum atomic E-state index is 11.8. The van der Waals surface area contributed by atoms with E-state index in [2.05, 4.69) is 10.4 Å². The van der Waals surface area contributed by atoms with Crippen molar-refractivity contribution in [3.05, 3.63) is 76.6 Å². The second-order valence-corrected chi connectivity index (χ2v) is 6.99. The number of pyridine rings is 1. The number of nitriles is 1. The molecule has 0 radical (unpaired) electrons. The third-order valence-electron chi connectivity index (χ3n) is 4.66. The number of rotatable bonds is 6. The first-order chi connectivity index (χ1) is 14.6. The highest BCUT2D eigenvalue weighted by Crippen LogP contribution is 2.32. The molecule has 2 aromatic carbocycles. The van der Waals surface area contributed by atoms with Crippen molar-refractivity contribution in [2.75, 3.05) is 10.4 Å². The number of carbonyl (C=O) groups excluding carboxylic acids is 2. The van der Waals surface area contributed by atoms with Crippen molar-refractivity contribution >= 4 is 35.2 Å². The number of benzene rings is 2. The van der Waals surface area contributed by atoms with Crippen molar-refractivity contribution in [1.29, 1.82) is 5.26 Å². The molecule has 8 heteroatoms. The minimum absolute atomic E-state index is 0.122. The normalized spacial score (nSPS) is 12.1. The molecule has 1 amide bonds. The first-order valence-corrected chi connectivity index (χ1v) is 9.46. The molecule has 30 heavy (non-hydrogen) atoms. The van der Waals surface area contributed by atoms with Gasteiger partial charge in [-0.3, -0.25) is 15.0 Å². The Morgan fingerprint density at radius 1 is 1.13 bits per heavy atom. The number of nitrogens with one attached hydrogen (secondary N) is 1. The van der Waals surface area contributed by atoms with Crippen LogP contribution in [-0.4, -0.2) is 17.2 Å². The van der Waals surface area contributed by atoms with Gasteiger partial charge < -0.3 is 4.74 Å². The van der Waals surface area contributed by atoms with Gasteiger partial charge in [0.1, 0.15) is 23.3 Å². The van der Waals surface area contributed by atoms with Crippen molar-refractivity contribution in [3.8, 4) is 17.6 Å². The van der Waals surface area contributed by atoms with E-state index in [4.69, 9.17) is 21.6 Å². The Labute approximate surface area is 177 Å². The van der Waals surface area contributed by atoms with Crippen LogP contribution >= 0.6 is 11.6 Å². The fraction of sp³-hybridized carbons (Fsp3) is 0.0909. The molecule has 0 unspecified atom stereocenters. The number of aromatic nitrogens is 1. The minimum Gasteiger partial charge on any atom is -0.457 e. The number of hydrogen-bond acceptors (Lipinski definition) is 6. The number of anilines is 2. The molecule has 3 aromatic rings. The summed E-state index contributed by atoms with van der Waals surface area (Å²) < 4.78 is 5.71. The van der Waals surface area contributed by atoms with Crippen molar-refractivity contribution in [2.24, 2.45) is 0 Å². The zero-order valence-electron chi connectivity index (χ0n) is 15.6. The van der Waals surface area contributed by atoms with Gasteiger partial charge in [0.2, 0.25) is 6.41 Å². The number of ketones is 1. The highest BCUT2D eigenvalue weighted by Gasteiger charge is 2.20. The van der Waals surface area contributed by atoms with Crippen molar-refractivity contribution in [2.45, 2.75) is 12.8 Å². The van der Waals surface area contributed by atoms with E-state index >= 15 is 0 Å². The first kappa shape index (κ1) is 19.4. The lowest BCUT2D eigenvalue weighted by Gasteiger charge is -2.21. The maximum absolute atomic E-state index is 11.8. The predicted molar refractivity (Wildman–Crippen MR) is 112 cm³/mol. The summed E-state index contributed by atoms with van der Waals surface area (Å²) in [7, 11) is 0. The number of hydrazine groups is 1. The third-order valence-corrected chi connectivity index (χ3v) is 4.97. The van der Waals surface area contributed by atoms with Gasteiger partial charge in [0.25, 0.3) is 0 Å². The molecule has 0 saturated heterocycles. The number of carbonyl (C=O) groups is 2. The van der Waals surface area contributed by atoms with Crippen molar-refractivity contribution < 1.29 is 14.3 Å². The summed E-state index contributed by atoms with van der Waals surface area (Å²) >= 11 is 6.36. The van der Waals surface area contributed by atoms with Gasteiger partial charge in [0, 0.05) is 30.3 Å². The van der Waals surface area contributed by atoms with Crippen LogP contribution in [0.3, 0.4) is 0 Å². The Hall–Kier alpha value is -3.89. The highest BCUT2D eigenvalue weighted by atomic mass is 35.5. The molecular weight excluding hydrogens is 404 g/mol. The van der Waals surface area contributed by atoms with Gasteiger partial charge in [-0.1, -0.05) is 11.6 Å². The Morgan fingerprint density at radius 2 is 1.97 bits per heavy atom. The van der Waals surface area contributed by atoms with Gasteiger partial charge >= 0.3 is 0 Å². The second kappa shape index (κ2) is 8.23. The van der Waals surface area contributed by atoms with Gasteiger partial charge in [-0.2, -0.15) is 5.26 Å². The monoisotopic (exact) mass is 418 g/mol. The molecular formula is C22H15ClN4O3. The molecule has 1 aromatic heterocycles. The molecule has 1 aliphatic carbocycles. The molecule has 0 fully saturated rings. The Balaban J connectivity index is 1.52. The van der Waals surface area contributed by atoms with Crippen LogP contribution in [0.2, 0.25) is 5.02 Å². The molecule has 1 aliphatic rings. The number of halogens is 1. The molecule has 4 rings (SSSR count). The minimum atomic E-state index is 0.122. The quantitative estimate of drug-likeness (QED) is 0.467. The topological polar surface area (TPSA) is 95.3 Å². The van der Waals surface area contributed by atoms with Crippen LogP contribution in [0.1, 0.15) is 28.0 Å². The van der Waals surface area contributed by atoms with Crippen molar-refractivity contribution in [1.82, 2.24) is 4.98 Å². The summed E-state index contributed by atoms with van der Waals surface area (Å²) in [4.78, 5) is 27.3. The van der Waals surface area contributed by atoms with Gasteiger partial charge in [-0.25, -0.2) is 9.99 Å². The van der Waals surface area contributed by atoms with E-state index < -0.39 is 0 Å². The van der Waals surface area contributed by atoms with Crippen molar-refractivity contribution in [3.63, 3.8) is 0 Å². The Kier molecular flexibility index (Phi) is 5.33. The van der Waals surface area contributed by atoms with E-state index in [-0.39, 0.29) is 11.5 Å². The fourth-order valence-electron chi connectivity index (χ4n) is 3.20. The summed E-state index contributed by atoms with van der Waals surface area (Å²) in [5, 5.41) is 10.6. The van der Waals surface area contributed by atoms with Gasteiger partial charge in [0.15, 0.2) is 5.78 Å². The zero-order valence-corrected chi connectivity index (χ0v) is 16.4. The molecule has 148 valence electrons. The van der Waals surface area contributed by atoms with E-state index in [0.717, 1.165) is 5.56 Å². The van der Waals surface area contributed by atoms with Crippen LogP contribution in [0, 0.1) is 11.3 Å². The van der Waals surface area contributed by atoms with Crippen LogP contribution in [0.4, 0.5) is 11.4 Å². The summed E-state index contributed by atoms with van der Waals surface area (Å²) in [6, 6.07) is 15.3. The lowest BCUT2D eigenvalue weighted by Crippen LogP contribution is -2.28. The molecule has 1 N–H and O–H groups in total. The van der Waals surface area contributed by atoms with Crippen LogP contribution in [-0.2, 0) is 11.2 Å². The Bertz CT molecular complexity index is 1190. The van der Waals surface area contributed by atoms with E-state index in [1.807, 2.05) is 12.1 Å². The number of amides is 1. The molecule has 0 bridgehead atoms. The van der Waals surface area contributed by atoms with Gasteiger partial charge in [0.05, 0.1) is 16.4 Å². The molecule has 0 spiro atoms. The SMILES string of the molecule is N#Cc1cc(Oc2ccc(NN(C=O)c3ccc4c(c3)CCC4=O)c(Cl)c2)ccn1. The third kappa shape index (κ3) is 3.95. The molecule has 0 aliphatic heterocycles. The standard InChI is InChI=1S/C22H15ClN4O3/c23-20-11-17(30-18-7-8-25-15(10-18)12-24)3-5-21(20)26-27(13-28)16-2-4-19-14(9-16)1-6-22(19)29/h2-5,7-11,13,26H,1,6H2. The molecule has 0 saturated carbocycles. The maximum Gasteiger partial charge on any atom is 0.232 e. The fourth-order valence-corrected chi connectivity index (χ4v) is 3.41. The number of hydrogen-bond donors (Lipinski definition) is 1. The van der Waals surface area contributed by atoms with Gasteiger partial charge in [-0.15, -0.1) is 0 Å². The summed E-state index contributed by atoms with van der Waals surface area (Å²) in [6.07, 6.45) is 3.29. The lowest BCUT2D eigenvalue weighted by molar-refractivity contribution is -0.107. The number of nitrogens with zero attached hydrogens (tertiary/aromatic N) is 3. The van der Waals surface area contributed by atoms with E-state index in [0.29, 0.717) is 52.7 Å². The largest absolute Gasteiger partial charge is 0.457 e. The average molecular weight is 419 g/mol. The van der Waals surface area contributed by atoms with Crippen LogP contribution < -0.4 is 15.2 Å². The lowest BCUT2D eigenvalue weighted by atomic mass is 10.1. The van der Waals surface area contributed by atoms with E-state index in [1.165, 1.54) is 17.3 Å². The van der Waals surface area contributed by atoms with Crippen LogP contribution in [0.15, 0.2) is 54.7 Å². The van der Waals surface area contributed by atoms with E-state index in [9.17, 15) is 9.59 Å². The number of aryl methyl sites for hydroxylation is 1. The number of fused-ring (bicyclic) bond motifs is 1. The summed E-state index contributed by atoms with van der Waals surface area (Å²) in [6.45, 7) is 0. The summed E-state index contributed by atoms with van der Waals surface area (Å²) in [5.41, 5.74) is 5.95. The smallest absolute Gasteiger partial charge is 0.232 e. The predicted octanol–water partition coefficient (Wildman–Crippen LogP) is 4.52. The molecule has 0 atom stereocenters.